The Morgan fingerprint density at radius 3 is 2.33 bits per heavy atom. The number of nitrogens with zero attached hydrogens (tertiary/aromatic N) is 2. The topological polar surface area (TPSA) is 82.3 Å². The van der Waals surface area contributed by atoms with Gasteiger partial charge in [0.05, 0.1) is 14.1 Å². The van der Waals surface area contributed by atoms with E-state index in [0.29, 0.717) is 28.3 Å². The Morgan fingerprint density at radius 1 is 0.976 bits per heavy atom. The molecule has 3 atom stereocenters. The maximum atomic E-state index is 12.3. The zero-order valence-electron chi connectivity index (χ0n) is 25.3. The molecule has 1 aromatic heterocycles. The molecule has 2 unspecified atom stereocenters. The normalized spacial score (nSPS) is 13.9. The predicted molar refractivity (Wildman–Crippen MR) is 173 cm³/mol. The Balaban J connectivity index is 1.66. The van der Waals surface area contributed by atoms with Crippen molar-refractivity contribution in [1.29, 1.82) is 0 Å². The third kappa shape index (κ3) is 8.05. The third-order valence-electron chi connectivity index (χ3n) is 8.07. The highest BCUT2D eigenvalue weighted by atomic mass is 32.2. The van der Waals surface area contributed by atoms with Gasteiger partial charge in [0.15, 0.2) is 0 Å². The second-order valence-electron chi connectivity index (χ2n) is 11.6. The van der Waals surface area contributed by atoms with Crippen molar-refractivity contribution in [2.24, 2.45) is 5.73 Å². The number of rotatable bonds is 15. The van der Waals surface area contributed by atoms with Crippen molar-refractivity contribution in [2.45, 2.75) is 44.6 Å². The van der Waals surface area contributed by atoms with E-state index in [4.69, 9.17) is 15.5 Å². The van der Waals surface area contributed by atoms with Gasteiger partial charge in [-0.05, 0) is 54.5 Å². The van der Waals surface area contributed by atoms with E-state index >= 15 is 0 Å². The van der Waals surface area contributed by atoms with Gasteiger partial charge in [0.25, 0.3) is 0 Å². The molecule has 3 aromatic carbocycles. The number of hydrogen-bond acceptors (Lipinski definition) is 4. The zero-order chi connectivity index (χ0) is 30.1. The van der Waals surface area contributed by atoms with E-state index in [1.54, 1.807) is 18.4 Å². The molecule has 0 spiro atoms. The summed E-state index contributed by atoms with van der Waals surface area (Å²) in [6.07, 6.45) is 5.67. The number of quaternary nitrogens is 1. The van der Waals surface area contributed by atoms with E-state index in [1.807, 2.05) is 24.3 Å². The molecular weight excluding hydrogens is 542 g/mol. The second-order valence-corrected chi connectivity index (χ2v) is 13.2. The first kappa shape index (κ1) is 31.4. The molecule has 0 aliphatic heterocycles. The molecule has 1 amide bonds. The molecule has 222 valence electrons. The highest BCUT2D eigenvalue weighted by Gasteiger charge is 2.38. The summed E-state index contributed by atoms with van der Waals surface area (Å²) in [5.41, 5.74) is 9.41. The number of primary amides is 1. The molecule has 42 heavy (non-hydrogen) atoms. The van der Waals surface area contributed by atoms with Crippen molar-refractivity contribution < 1.29 is 18.2 Å². The van der Waals surface area contributed by atoms with Gasteiger partial charge < -0.3 is 15.0 Å². The fraction of sp³-hybridized carbons (Fsp3) is 0.371. The smallest absolute Gasteiger partial charge is 0.248 e. The molecule has 7 heteroatoms. The molecular formula is C35H44N3O3S+. The summed E-state index contributed by atoms with van der Waals surface area (Å²) in [5.74, 6) is 0.942. The lowest BCUT2D eigenvalue weighted by atomic mass is 9.83. The van der Waals surface area contributed by atoms with Crippen LogP contribution < -0.4 is 10.5 Å². The lowest BCUT2D eigenvalue weighted by Crippen LogP contribution is -2.48. The summed E-state index contributed by atoms with van der Waals surface area (Å²) in [6, 6.07) is 28.5. The van der Waals surface area contributed by atoms with Gasteiger partial charge in [-0.3, -0.25) is 9.00 Å². The number of aromatic nitrogens is 1. The highest BCUT2D eigenvalue weighted by Crippen LogP contribution is 2.41. The van der Waals surface area contributed by atoms with Crippen LogP contribution in [0.25, 0.3) is 10.8 Å². The number of pyridine rings is 1. The summed E-state index contributed by atoms with van der Waals surface area (Å²) in [7, 11) is 3.52. The predicted octanol–water partition coefficient (Wildman–Crippen LogP) is 6.43. The van der Waals surface area contributed by atoms with Crippen molar-refractivity contribution in [3.63, 3.8) is 0 Å². The molecule has 0 radical (unpaired) electrons. The molecule has 2 N–H and O–H groups in total. The van der Waals surface area contributed by atoms with Crippen molar-refractivity contribution in [1.82, 2.24) is 4.98 Å². The Hall–Kier alpha value is -3.55. The lowest BCUT2D eigenvalue weighted by molar-refractivity contribution is -0.923. The van der Waals surface area contributed by atoms with E-state index < -0.39 is 16.7 Å². The van der Waals surface area contributed by atoms with Crippen LogP contribution >= 0.6 is 0 Å². The Kier molecular flexibility index (Phi) is 10.9. The average Bonchev–Trinajstić information content (AvgIpc) is 2.98. The quantitative estimate of drug-likeness (QED) is 0.163. The van der Waals surface area contributed by atoms with Crippen LogP contribution in [0.5, 0.6) is 5.88 Å². The number of amides is 1. The highest BCUT2D eigenvalue weighted by molar-refractivity contribution is 7.84. The van der Waals surface area contributed by atoms with Crippen LogP contribution in [-0.4, -0.2) is 58.8 Å². The van der Waals surface area contributed by atoms with Crippen molar-refractivity contribution >= 4 is 27.5 Å². The molecule has 0 saturated carbocycles. The second kappa shape index (κ2) is 14.6. The van der Waals surface area contributed by atoms with E-state index in [2.05, 4.69) is 69.6 Å². The van der Waals surface area contributed by atoms with Gasteiger partial charge >= 0.3 is 0 Å². The van der Waals surface area contributed by atoms with Crippen LogP contribution in [0.4, 0.5) is 0 Å². The first-order valence-corrected chi connectivity index (χ1v) is 16.5. The number of nitrogens with two attached hydrogens (primary N) is 1. The molecule has 0 aliphatic rings. The molecule has 0 fully saturated rings. The average molecular weight is 587 g/mol. The number of ether oxygens (including phenoxy) is 1. The minimum atomic E-state index is -0.919. The van der Waals surface area contributed by atoms with Gasteiger partial charge in [-0.25, -0.2) is 4.98 Å². The maximum absolute atomic E-state index is 12.3. The Labute approximate surface area is 253 Å². The van der Waals surface area contributed by atoms with Gasteiger partial charge in [-0.15, -0.1) is 0 Å². The summed E-state index contributed by atoms with van der Waals surface area (Å²) in [6.45, 7) is 3.39. The minimum Gasteiger partial charge on any atom is -0.471 e. The van der Waals surface area contributed by atoms with Gasteiger partial charge in [0, 0.05) is 50.9 Å². The van der Waals surface area contributed by atoms with Crippen LogP contribution in [0.3, 0.4) is 0 Å². The Bertz CT molecular complexity index is 1490. The first-order valence-electron chi connectivity index (χ1n) is 14.8. The van der Waals surface area contributed by atoms with E-state index in [-0.39, 0.29) is 12.0 Å². The van der Waals surface area contributed by atoms with E-state index in [9.17, 15) is 9.00 Å². The molecule has 4 aromatic rings. The number of unbranched alkanes of at least 4 members (excludes halogenated alkanes) is 1. The van der Waals surface area contributed by atoms with Crippen molar-refractivity contribution in [2.75, 3.05) is 39.3 Å². The number of hydrogen-bond donors (Lipinski definition) is 1. The van der Waals surface area contributed by atoms with Gasteiger partial charge in [-0.1, -0.05) is 74.0 Å². The number of likely N-dealkylation sites (N-methyl/N-ethyl adjacent to an activating group) is 1. The van der Waals surface area contributed by atoms with E-state index in [0.717, 1.165) is 54.3 Å². The zero-order valence-corrected chi connectivity index (χ0v) is 26.1. The van der Waals surface area contributed by atoms with Crippen LogP contribution in [-0.2, 0) is 17.2 Å². The monoisotopic (exact) mass is 586 g/mol. The van der Waals surface area contributed by atoms with Gasteiger partial charge in [0.1, 0.15) is 19.2 Å². The first-order chi connectivity index (χ1) is 20.2. The molecule has 0 saturated heterocycles. The molecule has 0 bridgehead atoms. The number of fused-ring (bicyclic) bond motifs is 1. The van der Waals surface area contributed by atoms with E-state index in [1.165, 1.54) is 5.56 Å². The van der Waals surface area contributed by atoms with Crippen LogP contribution in [0.2, 0.25) is 0 Å². The molecule has 1 heterocycles. The number of carbonyl (C=O) groups is 1. The third-order valence-corrected chi connectivity index (χ3v) is 8.88. The molecule has 6 nitrogen and oxygen atoms in total. The fourth-order valence-corrected chi connectivity index (χ4v) is 6.39. The van der Waals surface area contributed by atoms with Crippen LogP contribution in [0.15, 0.2) is 84.9 Å². The largest absolute Gasteiger partial charge is 0.471 e. The van der Waals surface area contributed by atoms with Gasteiger partial charge in [-0.2, -0.15) is 0 Å². The van der Waals surface area contributed by atoms with Crippen molar-refractivity contribution in [3.05, 3.63) is 107 Å². The molecule has 0 aliphatic carbocycles. The summed E-state index contributed by atoms with van der Waals surface area (Å²) in [4.78, 5) is 16.7. The number of carbonyl (C=O) groups excluding carboxylic acids is 1. The SMILES string of the molecule is CCCCc1cc2ccccc2c(OCC[N+](C)(C)[C@H](c2ccc(C(N)=O)cc2)C(CCS(C)=O)c2ccccc2)n1. The Morgan fingerprint density at radius 2 is 1.67 bits per heavy atom. The number of benzene rings is 3. The fourth-order valence-electron chi connectivity index (χ4n) is 5.80. The number of aryl methyl sites for hydroxylation is 1. The van der Waals surface area contributed by atoms with Crippen LogP contribution in [0.1, 0.15) is 65.3 Å². The minimum absolute atomic E-state index is 0.0158. The maximum Gasteiger partial charge on any atom is 0.248 e. The summed E-state index contributed by atoms with van der Waals surface area (Å²) in [5, 5.41) is 2.17. The van der Waals surface area contributed by atoms with Crippen molar-refractivity contribution in [3.8, 4) is 5.88 Å². The lowest BCUT2D eigenvalue weighted by Gasteiger charge is -2.42. The van der Waals surface area contributed by atoms with Crippen LogP contribution in [0, 0.1) is 0 Å². The van der Waals surface area contributed by atoms with Gasteiger partial charge in [0.2, 0.25) is 11.8 Å². The molecule has 4 rings (SSSR count). The standard InChI is InChI=1S/C35H43N3O3S/c1-5-6-15-30-25-29-14-10-11-16-32(29)35(37-30)41-23-22-38(2,3)33(27-17-19-28(20-18-27)34(36)39)31(21-24-42(4)40)26-12-8-7-9-13-26/h7-14,16-20,25,31,33H,5-6,15,21-24H2,1-4H3,(H-,36,39)/p+1/t31?,33-,42?/m1/s1. The summed E-state index contributed by atoms with van der Waals surface area (Å²) >= 11 is 0. The summed E-state index contributed by atoms with van der Waals surface area (Å²) < 4.78 is 19.3.